The predicted molar refractivity (Wildman–Crippen MR) is 90.4 cm³/mol. The Bertz CT molecular complexity index is 656. The Morgan fingerprint density at radius 2 is 1.86 bits per heavy atom. The smallest absolute Gasteiger partial charge is 0.253 e. The Kier molecular flexibility index (Phi) is 4.75. The van der Waals surface area contributed by atoms with Crippen molar-refractivity contribution in [2.75, 3.05) is 31.4 Å². The van der Waals surface area contributed by atoms with Crippen molar-refractivity contribution in [2.45, 2.75) is 4.90 Å². The number of nitrogens with one attached hydrogen (secondary N) is 1. The van der Waals surface area contributed by atoms with E-state index in [2.05, 4.69) is 5.32 Å². The molecule has 3 N–H and O–H groups in total. The largest absolute Gasteiger partial charge is 0.397 e. The van der Waals surface area contributed by atoms with Crippen LogP contribution in [0.4, 0.5) is 17.1 Å². The van der Waals surface area contributed by atoms with E-state index in [1.165, 1.54) is 0 Å². The number of benzene rings is 2. The molecular formula is C16H19N3OS. The summed E-state index contributed by atoms with van der Waals surface area (Å²) in [7, 11) is 3.46. The van der Waals surface area contributed by atoms with Gasteiger partial charge in [0.1, 0.15) is 0 Å². The molecule has 110 valence electrons. The fourth-order valence-corrected chi connectivity index (χ4v) is 2.50. The monoisotopic (exact) mass is 301 g/mol. The Hall–Kier alpha value is -2.14. The summed E-state index contributed by atoms with van der Waals surface area (Å²) in [6, 6.07) is 13.3. The standard InChI is InChI=1S/C16H19N3OS/c1-19(2)16(20)11-8-9-12(17)14(10-11)18-13-6-4-5-7-15(13)21-3/h4-10,18H,17H2,1-3H3. The molecule has 2 rings (SSSR count). The molecule has 5 heteroatoms. The fraction of sp³-hybridized carbons (Fsp3) is 0.188. The molecule has 0 unspecified atom stereocenters. The minimum absolute atomic E-state index is 0.0452. The second kappa shape index (κ2) is 6.54. The van der Waals surface area contributed by atoms with Gasteiger partial charge < -0.3 is 16.0 Å². The van der Waals surface area contributed by atoms with Crippen molar-refractivity contribution >= 4 is 34.7 Å². The van der Waals surface area contributed by atoms with Gasteiger partial charge in [-0.15, -0.1) is 11.8 Å². The lowest BCUT2D eigenvalue weighted by atomic mass is 10.1. The molecule has 0 fully saturated rings. The highest BCUT2D eigenvalue weighted by Gasteiger charge is 2.11. The first-order valence-corrected chi connectivity index (χ1v) is 7.76. The number of nitrogens with zero attached hydrogens (tertiary/aromatic N) is 1. The molecule has 0 saturated carbocycles. The van der Waals surface area contributed by atoms with Gasteiger partial charge >= 0.3 is 0 Å². The van der Waals surface area contributed by atoms with Crippen LogP contribution < -0.4 is 11.1 Å². The number of nitrogen functional groups attached to an aromatic ring is 1. The lowest BCUT2D eigenvalue weighted by Crippen LogP contribution is -2.21. The predicted octanol–water partition coefficient (Wildman–Crippen LogP) is 3.44. The number of carbonyl (C=O) groups excluding carboxylic acids is 1. The van der Waals surface area contributed by atoms with Gasteiger partial charge in [0.15, 0.2) is 0 Å². The SMILES string of the molecule is CSc1ccccc1Nc1cc(C(=O)N(C)C)ccc1N. The van der Waals surface area contributed by atoms with Crippen molar-refractivity contribution in [1.29, 1.82) is 0 Å². The Balaban J connectivity index is 2.35. The van der Waals surface area contributed by atoms with E-state index < -0.39 is 0 Å². The number of carbonyl (C=O) groups is 1. The molecule has 0 aliphatic carbocycles. The number of anilines is 3. The summed E-state index contributed by atoms with van der Waals surface area (Å²) in [5, 5.41) is 3.31. The van der Waals surface area contributed by atoms with Crippen molar-refractivity contribution in [3.63, 3.8) is 0 Å². The van der Waals surface area contributed by atoms with Gasteiger partial charge in [-0.3, -0.25) is 4.79 Å². The van der Waals surface area contributed by atoms with E-state index in [1.807, 2.05) is 30.5 Å². The van der Waals surface area contributed by atoms with Crippen LogP contribution in [0.5, 0.6) is 0 Å². The van der Waals surface area contributed by atoms with E-state index >= 15 is 0 Å². The molecule has 0 saturated heterocycles. The van der Waals surface area contributed by atoms with Crippen LogP contribution in [0.25, 0.3) is 0 Å². The average molecular weight is 301 g/mol. The number of hydrogen-bond acceptors (Lipinski definition) is 4. The van der Waals surface area contributed by atoms with Crippen LogP contribution in [-0.4, -0.2) is 31.2 Å². The van der Waals surface area contributed by atoms with Gasteiger partial charge in [0.2, 0.25) is 0 Å². The summed E-state index contributed by atoms with van der Waals surface area (Å²) in [6.45, 7) is 0. The van der Waals surface area contributed by atoms with Crippen LogP contribution in [0, 0.1) is 0 Å². The number of para-hydroxylation sites is 1. The molecule has 21 heavy (non-hydrogen) atoms. The third-order valence-electron chi connectivity index (χ3n) is 3.08. The normalized spacial score (nSPS) is 10.2. The molecule has 0 aliphatic rings. The first-order chi connectivity index (χ1) is 10.0. The lowest BCUT2D eigenvalue weighted by molar-refractivity contribution is 0.0827. The van der Waals surface area contributed by atoms with Crippen LogP contribution in [0.15, 0.2) is 47.4 Å². The van der Waals surface area contributed by atoms with Crippen molar-refractivity contribution < 1.29 is 4.79 Å². The van der Waals surface area contributed by atoms with E-state index in [4.69, 9.17) is 5.73 Å². The van der Waals surface area contributed by atoms with Crippen LogP contribution in [-0.2, 0) is 0 Å². The van der Waals surface area contributed by atoms with Crippen LogP contribution >= 0.6 is 11.8 Å². The summed E-state index contributed by atoms with van der Waals surface area (Å²) in [5.41, 5.74) is 8.95. The minimum Gasteiger partial charge on any atom is -0.397 e. The van der Waals surface area contributed by atoms with Gasteiger partial charge in [0.25, 0.3) is 5.91 Å². The minimum atomic E-state index is -0.0452. The average Bonchev–Trinajstić information content (AvgIpc) is 2.49. The van der Waals surface area contributed by atoms with Crippen molar-refractivity contribution in [3.05, 3.63) is 48.0 Å². The number of nitrogens with two attached hydrogens (primary N) is 1. The molecule has 0 bridgehead atoms. The highest BCUT2D eigenvalue weighted by molar-refractivity contribution is 7.98. The zero-order chi connectivity index (χ0) is 15.4. The van der Waals surface area contributed by atoms with Gasteiger partial charge in [0.05, 0.1) is 17.1 Å². The quantitative estimate of drug-likeness (QED) is 0.671. The van der Waals surface area contributed by atoms with Crippen LogP contribution in [0.2, 0.25) is 0 Å². The Labute approximate surface area is 129 Å². The maximum Gasteiger partial charge on any atom is 0.253 e. The van der Waals surface area contributed by atoms with E-state index in [0.717, 1.165) is 16.3 Å². The summed E-state index contributed by atoms with van der Waals surface area (Å²) in [4.78, 5) is 14.7. The zero-order valence-corrected chi connectivity index (χ0v) is 13.2. The van der Waals surface area contributed by atoms with Gasteiger partial charge in [0, 0.05) is 24.6 Å². The summed E-state index contributed by atoms with van der Waals surface area (Å²) < 4.78 is 0. The first-order valence-electron chi connectivity index (χ1n) is 6.54. The Morgan fingerprint density at radius 1 is 1.14 bits per heavy atom. The third-order valence-corrected chi connectivity index (χ3v) is 3.88. The van der Waals surface area contributed by atoms with Crippen molar-refractivity contribution in [3.8, 4) is 0 Å². The number of thioether (sulfide) groups is 1. The summed E-state index contributed by atoms with van der Waals surface area (Å²) in [5.74, 6) is -0.0452. The number of amides is 1. The summed E-state index contributed by atoms with van der Waals surface area (Å²) >= 11 is 1.66. The Morgan fingerprint density at radius 3 is 2.52 bits per heavy atom. The molecule has 0 radical (unpaired) electrons. The highest BCUT2D eigenvalue weighted by Crippen LogP contribution is 2.30. The molecule has 1 amide bonds. The zero-order valence-electron chi connectivity index (χ0n) is 12.4. The van der Waals surface area contributed by atoms with Crippen LogP contribution in [0.1, 0.15) is 10.4 Å². The molecule has 2 aromatic rings. The van der Waals surface area contributed by atoms with Gasteiger partial charge in [-0.1, -0.05) is 12.1 Å². The molecule has 4 nitrogen and oxygen atoms in total. The highest BCUT2D eigenvalue weighted by atomic mass is 32.2. The van der Waals surface area contributed by atoms with E-state index in [-0.39, 0.29) is 5.91 Å². The van der Waals surface area contributed by atoms with E-state index in [1.54, 1.807) is 49.0 Å². The van der Waals surface area contributed by atoms with E-state index in [0.29, 0.717) is 11.3 Å². The van der Waals surface area contributed by atoms with Gasteiger partial charge in [-0.2, -0.15) is 0 Å². The van der Waals surface area contributed by atoms with Crippen molar-refractivity contribution in [1.82, 2.24) is 4.90 Å². The maximum absolute atomic E-state index is 12.0. The van der Waals surface area contributed by atoms with E-state index in [9.17, 15) is 4.79 Å². The number of rotatable bonds is 4. The molecule has 0 atom stereocenters. The lowest BCUT2D eigenvalue weighted by Gasteiger charge is -2.15. The van der Waals surface area contributed by atoms with Crippen molar-refractivity contribution in [2.24, 2.45) is 0 Å². The second-order valence-electron chi connectivity index (χ2n) is 4.83. The fourth-order valence-electron chi connectivity index (χ4n) is 1.95. The maximum atomic E-state index is 12.0. The molecule has 0 aromatic heterocycles. The molecule has 0 aliphatic heterocycles. The van der Waals surface area contributed by atoms with Gasteiger partial charge in [-0.05, 0) is 36.6 Å². The number of hydrogen-bond donors (Lipinski definition) is 2. The topological polar surface area (TPSA) is 58.4 Å². The molecule has 0 spiro atoms. The molecule has 2 aromatic carbocycles. The molecule has 0 heterocycles. The molecular weight excluding hydrogens is 282 g/mol. The second-order valence-corrected chi connectivity index (χ2v) is 5.67. The first kappa shape index (κ1) is 15.3. The van der Waals surface area contributed by atoms with Crippen LogP contribution in [0.3, 0.4) is 0 Å². The van der Waals surface area contributed by atoms with Gasteiger partial charge in [-0.25, -0.2) is 0 Å². The summed E-state index contributed by atoms with van der Waals surface area (Å²) in [6.07, 6.45) is 2.02. The third kappa shape index (κ3) is 3.49.